The molecule has 0 atom stereocenters. The predicted octanol–water partition coefficient (Wildman–Crippen LogP) is 3.21. The van der Waals surface area contributed by atoms with Crippen LogP contribution in [-0.4, -0.2) is 30.7 Å². The quantitative estimate of drug-likeness (QED) is 0.224. The van der Waals surface area contributed by atoms with Crippen LogP contribution >= 0.6 is 27.3 Å². The van der Waals surface area contributed by atoms with Crippen LogP contribution in [-0.2, 0) is 19.9 Å². The number of aromatic nitrogens is 1. The van der Waals surface area contributed by atoms with Crippen molar-refractivity contribution in [2.45, 2.75) is 12.4 Å². The Morgan fingerprint density at radius 3 is 2.44 bits per heavy atom. The number of rotatable bonds is 4. The van der Waals surface area contributed by atoms with Crippen molar-refractivity contribution in [2.75, 3.05) is 0 Å². The first kappa shape index (κ1) is 19.5. The van der Waals surface area contributed by atoms with Gasteiger partial charge in [-0.1, -0.05) is 0 Å². The molecule has 7 nitrogen and oxygen atoms in total. The van der Waals surface area contributed by atoms with E-state index in [1.54, 1.807) is 0 Å². The van der Waals surface area contributed by atoms with E-state index >= 15 is 0 Å². The van der Waals surface area contributed by atoms with Crippen LogP contribution in [0.2, 0.25) is 0 Å². The topological polar surface area (TPSA) is 99.6 Å². The van der Waals surface area contributed by atoms with Crippen molar-refractivity contribution in [3.05, 3.63) is 21.1 Å². The molecule has 0 spiro atoms. The van der Waals surface area contributed by atoms with E-state index in [0.29, 0.717) is 11.3 Å². The van der Waals surface area contributed by atoms with Crippen molar-refractivity contribution in [3.8, 4) is 5.75 Å². The summed E-state index contributed by atoms with van der Waals surface area (Å²) in [6.45, 7) is 1.17. The minimum Gasteiger partial charge on any atom is -0.374 e. The van der Waals surface area contributed by atoms with Crippen LogP contribution in [0.4, 0.5) is 17.7 Å². The van der Waals surface area contributed by atoms with E-state index < -0.39 is 38.7 Å². The number of hydrogen-bond acceptors (Lipinski definition) is 8. The van der Waals surface area contributed by atoms with Crippen LogP contribution in [0.25, 0.3) is 10.2 Å². The summed E-state index contributed by atoms with van der Waals surface area (Å²) in [6.07, 6.45) is 0. The molecule has 2 rings (SSSR count). The van der Waals surface area contributed by atoms with E-state index in [9.17, 15) is 35.7 Å². The van der Waals surface area contributed by atoms with Gasteiger partial charge in [-0.15, -0.1) is 11.3 Å². The highest BCUT2D eigenvalue weighted by Gasteiger charge is 2.49. The summed E-state index contributed by atoms with van der Waals surface area (Å²) in [7, 11) is -6.17. The summed E-state index contributed by atoms with van der Waals surface area (Å²) in [5.41, 5.74) is -6.87. The molecule has 14 heteroatoms. The van der Waals surface area contributed by atoms with Crippen LogP contribution in [0.1, 0.15) is 15.9 Å². The first-order valence-electron chi connectivity index (χ1n) is 5.86. The number of aryl methyl sites for hydroxylation is 1. The normalized spacial score (nSPS) is 12.2. The van der Waals surface area contributed by atoms with Gasteiger partial charge in [0.2, 0.25) is 0 Å². The molecule has 0 fully saturated rings. The Bertz CT molecular complexity index is 985. The zero-order valence-electron chi connectivity index (χ0n) is 11.7. The van der Waals surface area contributed by atoms with Gasteiger partial charge in [-0.2, -0.15) is 21.6 Å². The molecule has 0 radical (unpaired) electrons. The molecule has 136 valence electrons. The SMILES string of the molecule is Cc1cc2nc(Br)sc2c(OS(=O)(=O)C(F)(F)F)c1C(=O)C(=O)OF. The van der Waals surface area contributed by atoms with E-state index in [-0.39, 0.29) is 19.7 Å². The second-order valence-electron chi connectivity index (χ2n) is 4.39. The molecule has 1 aromatic carbocycles. The number of carbonyl (C=O) groups excluding carboxylic acids is 2. The lowest BCUT2D eigenvalue weighted by atomic mass is 10.0. The molecule has 0 aliphatic carbocycles. The summed E-state index contributed by atoms with van der Waals surface area (Å²) in [6, 6.07) is 1.18. The summed E-state index contributed by atoms with van der Waals surface area (Å²) in [5.74, 6) is -4.87. The molecular formula is C11H4BrF4NO6S2. The highest BCUT2D eigenvalue weighted by Crippen LogP contribution is 2.41. The lowest BCUT2D eigenvalue weighted by Gasteiger charge is -2.14. The number of fused-ring (bicyclic) bond motifs is 1. The Labute approximate surface area is 148 Å². The number of benzene rings is 1. The first-order valence-corrected chi connectivity index (χ1v) is 8.88. The highest BCUT2D eigenvalue weighted by atomic mass is 79.9. The van der Waals surface area contributed by atoms with E-state index in [4.69, 9.17) is 0 Å². The van der Waals surface area contributed by atoms with Crippen molar-refractivity contribution in [1.82, 2.24) is 4.98 Å². The highest BCUT2D eigenvalue weighted by molar-refractivity contribution is 9.11. The predicted molar refractivity (Wildman–Crippen MR) is 79.2 cm³/mol. The van der Waals surface area contributed by atoms with E-state index in [2.05, 4.69) is 30.0 Å². The largest absolute Gasteiger partial charge is 0.534 e. The van der Waals surface area contributed by atoms with Crippen LogP contribution in [0.3, 0.4) is 0 Å². The van der Waals surface area contributed by atoms with E-state index in [0.717, 1.165) is 0 Å². The Kier molecular flexibility index (Phi) is 5.07. The van der Waals surface area contributed by atoms with Gasteiger partial charge < -0.3 is 4.18 Å². The van der Waals surface area contributed by atoms with Crippen LogP contribution in [0.15, 0.2) is 9.98 Å². The molecular weight excluding hydrogens is 462 g/mol. The van der Waals surface area contributed by atoms with Crippen LogP contribution in [0, 0.1) is 6.92 Å². The van der Waals surface area contributed by atoms with Gasteiger partial charge in [0.05, 0.1) is 15.8 Å². The van der Waals surface area contributed by atoms with Gasteiger partial charge in [0, 0.05) is 4.53 Å². The number of Topliss-reactive ketones (excluding diaryl/α,β-unsaturated/α-hetero) is 1. The fourth-order valence-corrected chi connectivity index (χ4v) is 3.76. The fourth-order valence-electron chi connectivity index (χ4n) is 1.79. The number of thiazole rings is 1. The molecule has 0 aliphatic rings. The van der Waals surface area contributed by atoms with Crippen LogP contribution < -0.4 is 4.18 Å². The molecule has 0 aliphatic heterocycles. The third-order valence-corrected chi connectivity index (χ3v) is 5.24. The molecule has 0 saturated carbocycles. The number of carbonyl (C=O) groups is 2. The molecule has 0 N–H and O–H groups in total. The summed E-state index contributed by atoms with van der Waals surface area (Å²) >= 11 is 3.59. The first-order chi connectivity index (χ1) is 11.4. The average molecular weight is 466 g/mol. The number of nitrogens with zero attached hydrogens (tertiary/aromatic N) is 1. The van der Waals surface area contributed by atoms with Gasteiger partial charge in [-0.25, -0.2) is 14.7 Å². The van der Waals surface area contributed by atoms with Gasteiger partial charge >= 0.3 is 21.6 Å². The average Bonchev–Trinajstić information content (AvgIpc) is 2.84. The van der Waals surface area contributed by atoms with Crippen molar-refractivity contribution in [3.63, 3.8) is 0 Å². The van der Waals surface area contributed by atoms with Gasteiger partial charge in [-0.3, -0.25) is 4.79 Å². The Hall–Kier alpha value is -1.80. The van der Waals surface area contributed by atoms with Gasteiger partial charge in [0.1, 0.15) is 0 Å². The van der Waals surface area contributed by atoms with Crippen LogP contribution in [0.5, 0.6) is 5.75 Å². The second-order valence-corrected chi connectivity index (χ2v) is 8.20. The number of alkyl halides is 3. The molecule has 1 heterocycles. The molecule has 0 amide bonds. The maximum atomic E-state index is 12.6. The molecule has 0 saturated heterocycles. The van der Waals surface area contributed by atoms with Gasteiger partial charge in [0.25, 0.3) is 5.78 Å². The Morgan fingerprint density at radius 2 is 1.92 bits per heavy atom. The van der Waals surface area contributed by atoms with Crippen molar-refractivity contribution in [1.29, 1.82) is 0 Å². The Balaban J connectivity index is 2.82. The number of hydrogen-bond donors (Lipinski definition) is 0. The maximum absolute atomic E-state index is 12.6. The Morgan fingerprint density at radius 1 is 1.32 bits per heavy atom. The zero-order chi connectivity index (χ0) is 19.2. The number of ketones is 1. The lowest BCUT2D eigenvalue weighted by Crippen LogP contribution is -2.29. The molecule has 0 unspecified atom stereocenters. The van der Waals surface area contributed by atoms with Gasteiger partial charge in [0.15, 0.2) is 9.67 Å². The minimum absolute atomic E-state index is 0.00749. The zero-order valence-corrected chi connectivity index (χ0v) is 14.9. The molecule has 2 aromatic rings. The summed E-state index contributed by atoms with van der Waals surface area (Å²) in [5, 5.41) is 0. The van der Waals surface area contributed by atoms with Crippen molar-refractivity contribution >= 4 is 59.4 Å². The summed E-state index contributed by atoms with van der Waals surface area (Å²) < 4.78 is 76.4. The van der Waals surface area contributed by atoms with Crippen molar-refractivity contribution in [2.24, 2.45) is 0 Å². The standard InChI is InChI=1S/C11H4BrF4NO6S2/c1-3-2-4-8(24-10(12)17-4)7(5(3)6(18)9(19)22-16)23-25(20,21)11(13,14)15/h2H,1H3. The van der Waals surface area contributed by atoms with Gasteiger partial charge in [-0.05, 0) is 34.5 Å². The minimum atomic E-state index is -6.17. The fraction of sp³-hybridized carbons (Fsp3) is 0.182. The maximum Gasteiger partial charge on any atom is 0.534 e. The van der Waals surface area contributed by atoms with E-state index in [1.807, 2.05) is 0 Å². The molecule has 25 heavy (non-hydrogen) atoms. The smallest absolute Gasteiger partial charge is 0.374 e. The van der Waals surface area contributed by atoms with Crippen molar-refractivity contribution < 1.29 is 44.8 Å². The molecule has 1 aromatic heterocycles. The summed E-state index contributed by atoms with van der Waals surface area (Å²) in [4.78, 5) is 29.7. The lowest BCUT2D eigenvalue weighted by molar-refractivity contribution is -0.176. The third-order valence-electron chi connectivity index (χ3n) is 2.77. The third kappa shape index (κ3) is 3.59. The second kappa shape index (κ2) is 6.49. The van der Waals surface area contributed by atoms with E-state index in [1.165, 1.54) is 13.0 Å². The number of halogens is 5. The monoisotopic (exact) mass is 465 g/mol. The molecule has 0 bridgehead atoms.